The van der Waals surface area contributed by atoms with Crippen LogP contribution < -0.4 is 4.74 Å². The van der Waals surface area contributed by atoms with Crippen molar-refractivity contribution in [3.8, 4) is 17.1 Å². The topological polar surface area (TPSA) is 74.2 Å². The predicted octanol–water partition coefficient (Wildman–Crippen LogP) is 3.23. The minimum atomic E-state index is 0.413. The molecule has 1 aromatic carbocycles. The van der Waals surface area contributed by atoms with Crippen LogP contribution in [0.3, 0.4) is 0 Å². The molecule has 0 saturated heterocycles. The van der Waals surface area contributed by atoms with Gasteiger partial charge in [-0.25, -0.2) is 0 Å². The third kappa shape index (κ3) is 2.79. The van der Waals surface area contributed by atoms with Crippen molar-refractivity contribution in [2.24, 2.45) is 0 Å². The van der Waals surface area contributed by atoms with Gasteiger partial charge in [0.15, 0.2) is 0 Å². The molecule has 0 unspecified atom stereocenters. The molecule has 6 nitrogen and oxygen atoms in total. The van der Waals surface area contributed by atoms with Gasteiger partial charge in [0, 0.05) is 12.5 Å². The predicted molar refractivity (Wildman–Crippen MR) is 74.8 cm³/mol. The fourth-order valence-corrected chi connectivity index (χ4v) is 2.00. The molecule has 2 heterocycles. The quantitative estimate of drug-likeness (QED) is 0.732. The molecular weight excluding hydrogens is 270 g/mol. The number of aryl methyl sites for hydroxylation is 3. The highest BCUT2D eigenvalue weighted by Crippen LogP contribution is 2.23. The second-order valence-electron chi connectivity index (χ2n) is 4.76. The zero-order valence-electron chi connectivity index (χ0n) is 12.1. The Balaban J connectivity index is 1.78. The smallest absolute Gasteiger partial charge is 0.223 e. The van der Waals surface area contributed by atoms with Crippen LogP contribution in [0.2, 0.25) is 0 Å². The lowest BCUT2D eigenvalue weighted by atomic mass is 10.2. The van der Waals surface area contributed by atoms with Crippen molar-refractivity contribution in [2.45, 2.75) is 27.4 Å². The SMILES string of the molecule is Cc1nc(-c2cccc(OCc3c(C)noc3C)c2)no1. The van der Waals surface area contributed by atoms with Crippen LogP contribution in [0.1, 0.15) is 22.9 Å². The molecule has 2 aromatic heterocycles. The van der Waals surface area contributed by atoms with Crippen LogP contribution in [0.15, 0.2) is 33.3 Å². The molecule has 3 aromatic rings. The van der Waals surface area contributed by atoms with Gasteiger partial charge in [-0.3, -0.25) is 0 Å². The maximum atomic E-state index is 5.79. The van der Waals surface area contributed by atoms with Crippen LogP contribution in [-0.4, -0.2) is 15.3 Å². The first-order chi connectivity index (χ1) is 10.1. The molecule has 0 spiro atoms. The normalized spacial score (nSPS) is 10.8. The summed E-state index contributed by atoms with van der Waals surface area (Å²) < 4.78 is 15.9. The highest BCUT2D eigenvalue weighted by atomic mass is 16.5. The van der Waals surface area contributed by atoms with Crippen molar-refractivity contribution in [1.82, 2.24) is 15.3 Å². The van der Waals surface area contributed by atoms with Crippen LogP contribution in [0.25, 0.3) is 11.4 Å². The average molecular weight is 285 g/mol. The fraction of sp³-hybridized carbons (Fsp3) is 0.267. The Morgan fingerprint density at radius 1 is 1.10 bits per heavy atom. The summed E-state index contributed by atoms with van der Waals surface area (Å²) in [4.78, 5) is 4.20. The van der Waals surface area contributed by atoms with E-state index in [0.717, 1.165) is 28.3 Å². The molecule has 108 valence electrons. The van der Waals surface area contributed by atoms with Gasteiger partial charge in [-0.05, 0) is 26.0 Å². The van der Waals surface area contributed by atoms with Crippen molar-refractivity contribution >= 4 is 0 Å². The molecule has 0 N–H and O–H groups in total. The molecule has 0 bridgehead atoms. The first kappa shape index (κ1) is 13.4. The molecule has 0 fully saturated rings. The molecule has 3 rings (SSSR count). The number of ether oxygens (including phenoxy) is 1. The Labute approximate surface area is 121 Å². The van der Waals surface area contributed by atoms with Gasteiger partial charge in [0.1, 0.15) is 18.1 Å². The summed E-state index contributed by atoms with van der Waals surface area (Å²) in [6, 6.07) is 7.56. The van der Waals surface area contributed by atoms with Gasteiger partial charge < -0.3 is 13.8 Å². The minimum absolute atomic E-state index is 0.413. The lowest BCUT2D eigenvalue weighted by Gasteiger charge is -2.06. The molecule has 0 aliphatic rings. The third-order valence-electron chi connectivity index (χ3n) is 3.18. The van der Waals surface area contributed by atoms with Crippen molar-refractivity contribution in [3.05, 3.63) is 47.2 Å². The van der Waals surface area contributed by atoms with E-state index in [1.807, 2.05) is 38.1 Å². The zero-order chi connectivity index (χ0) is 14.8. The summed E-state index contributed by atoms with van der Waals surface area (Å²) in [7, 11) is 0. The maximum absolute atomic E-state index is 5.79. The van der Waals surface area contributed by atoms with E-state index >= 15 is 0 Å². The summed E-state index contributed by atoms with van der Waals surface area (Å²) in [6.45, 7) is 5.94. The molecule has 0 atom stereocenters. The van der Waals surface area contributed by atoms with Gasteiger partial charge in [0.2, 0.25) is 11.7 Å². The Hall–Kier alpha value is -2.63. The number of rotatable bonds is 4. The number of benzene rings is 1. The lowest BCUT2D eigenvalue weighted by molar-refractivity contribution is 0.302. The molecular formula is C15H15N3O3. The van der Waals surface area contributed by atoms with E-state index in [-0.39, 0.29) is 0 Å². The Morgan fingerprint density at radius 3 is 2.62 bits per heavy atom. The zero-order valence-corrected chi connectivity index (χ0v) is 12.1. The van der Waals surface area contributed by atoms with E-state index in [9.17, 15) is 0 Å². The Morgan fingerprint density at radius 2 is 1.95 bits per heavy atom. The first-order valence-electron chi connectivity index (χ1n) is 6.59. The van der Waals surface area contributed by atoms with Crippen molar-refractivity contribution in [3.63, 3.8) is 0 Å². The van der Waals surface area contributed by atoms with Crippen LogP contribution in [0.5, 0.6) is 5.75 Å². The maximum Gasteiger partial charge on any atom is 0.223 e. The summed E-state index contributed by atoms with van der Waals surface area (Å²) in [5.41, 5.74) is 2.66. The number of hydrogen-bond donors (Lipinski definition) is 0. The monoisotopic (exact) mass is 285 g/mol. The van der Waals surface area contributed by atoms with Crippen LogP contribution in [-0.2, 0) is 6.61 Å². The van der Waals surface area contributed by atoms with Crippen molar-refractivity contribution < 1.29 is 13.8 Å². The largest absolute Gasteiger partial charge is 0.489 e. The van der Waals surface area contributed by atoms with Crippen LogP contribution >= 0.6 is 0 Å². The van der Waals surface area contributed by atoms with E-state index in [4.69, 9.17) is 13.8 Å². The molecule has 0 aliphatic heterocycles. The van der Waals surface area contributed by atoms with Gasteiger partial charge in [-0.15, -0.1) is 0 Å². The van der Waals surface area contributed by atoms with Crippen LogP contribution in [0, 0.1) is 20.8 Å². The first-order valence-corrected chi connectivity index (χ1v) is 6.59. The minimum Gasteiger partial charge on any atom is -0.489 e. The van der Waals surface area contributed by atoms with E-state index in [2.05, 4.69) is 15.3 Å². The average Bonchev–Trinajstić information content (AvgIpc) is 3.04. The van der Waals surface area contributed by atoms with E-state index in [1.54, 1.807) is 6.92 Å². The Bertz CT molecular complexity index is 742. The van der Waals surface area contributed by atoms with Crippen molar-refractivity contribution in [2.75, 3.05) is 0 Å². The molecule has 0 radical (unpaired) electrons. The molecule has 0 aliphatic carbocycles. The molecule has 0 amide bonds. The van der Waals surface area contributed by atoms with E-state index in [1.165, 1.54) is 0 Å². The fourth-order valence-electron chi connectivity index (χ4n) is 2.00. The van der Waals surface area contributed by atoms with Crippen LogP contribution in [0.4, 0.5) is 0 Å². The highest BCUT2D eigenvalue weighted by Gasteiger charge is 2.11. The standard InChI is InChI=1S/C15H15N3O3/c1-9-14(10(2)20-17-9)8-19-13-6-4-5-12(7-13)15-16-11(3)21-18-15/h4-7H,8H2,1-3H3. The molecule has 6 heteroatoms. The van der Waals surface area contributed by atoms with E-state index in [0.29, 0.717) is 18.3 Å². The second-order valence-corrected chi connectivity index (χ2v) is 4.76. The van der Waals surface area contributed by atoms with Gasteiger partial charge in [0.05, 0.1) is 11.3 Å². The van der Waals surface area contributed by atoms with Gasteiger partial charge in [0.25, 0.3) is 0 Å². The number of nitrogens with zero attached hydrogens (tertiary/aromatic N) is 3. The Kier molecular flexibility index (Phi) is 3.43. The molecule has 21 heavy (non-hydrogen) atoms. The van der Waals surface area contributed by atoms with Gasteiger partial charge in [-0.1, -0.05) is 22.4 Å². The highest BCUT2D eigenvalue weighted by molar-refractivity contribution is 5.56. The second kappa shape index (κ2) is 5.40. The summed E-state index contributed by atoms with van der Waals surface area (Å²) in [5, 5.41) is 7.81. The number of aromatic nitrogens is 3. The summed E-state index contributed by atoms with van der Waals surface area (Å²) in [6.07, 6.45) is 0. The van der Waals surface area contributed by atoms with Gasteiger partial charge in [-0.2, -0.15) is 4.98 Å². The third-order valence-corrected chi connectivity index (χ3v) is 3.18. The summed E-state index contributed by atoms with van der Waals surface area (Å²) >= 11 is 0. The lowest BCUT2D eigenvalue weighted by Crippen LogP contribution is -1.98. The van der Waals surface area contributed by atoms with E-state index < -0.39 is 0 Å². The van der Waals surface area contributed by atoms with Crippen molar-refractivity contribution in [1.29, 1.82) is 0 Å². The summed E-state index contributed by atoms with van der Waals surface area (Å²) in [5.74, 6) is 2.59. The molecule has 0 saturated carbocycles. The number of hydrogen-bond acceptors (Lipinski definition) is 6. The van der Waals surface area contributed by atoms with Gasteiger partial charge >= 0.3 is 0 Å².